The summed E-state index contributed by atoms with van der Waals surface area (Å²) in [6.07, 6.45) is 2.63. The Morgan fingerprint density at radius 3 is 2.75 bits per heavy atom. The lowest BCUT2D eigenvalue weighted by Crippen LogP contribution is -1.95. The highest BCUT2D eigenvalue weighted by Crippen LogP contribution is 1.73. The van der Waals surface area contributed by atoms with Crippen LogP contribution in [0.3, 0.4) is 0 Å². The van der Waals surface area contributed by atoms with Crippen LogP contribution in [0.5, 0.6) is 0 Å². The summed E-state index contributed by atoms with van der Waals surface area (Å²) in [4.78, 5) is 10.2. The number of ether oxygens (including phenoxy) is 1. The van der Waals surface area contributed by atoms with E-state index in [0.717, 1.165) is 0 Å². The lowest BCUT2D eigenvalue weighted by atomic mass is 10.6. The van der Waals surface area contributed by atoms with Crippen molar-refractivity contribution in [2.24, 2.45) is 0 Å². The molecule has 0 rings (SSSR count). The molecule has 0 saturated carbocycles. The zero-order valence-corrected chi connectivity index (χ0v) is 4.92. The molecule has 0 heterocycles. The molecule has 0 spiro atoms. The second-order valence-electron chi connectivity index (χ2n) is 1.10. The van der Waals surface area contributed by atoms with E-state index < -0.39 is 0 Å². The van der Waals surface area contributed by atoms with Crippen molar-refractivity contribution in [2.45, 2.75) is 0 Å². The fourth-order valence-corrected chi connectivity index (χ4v) is 0.203. The molecule has 0 fully saturated rings. The maximum Gasteiger partial charge on any atom is 0.332 e. The highest BCUT2D eigenvalue weighted by Gasteiger charge is 1.86. The Bertz CT molecular complexity index is 98.6. The monoisotopic (exact) mass is 114 g/mol. The lowest BCUT2D eigenvalue weighted by molar-refractivity contribution is -0.134. The van der Waals surface area contributed by atoms with Crippen LogP contribution in [0.25, 0.3) is 0 Å². The summed E-state index contributed by atoms with van der Waals surface area (Å²) in [5.74, 6) is -0.379. The maximum atomic E-state index is 10.2. The van der Waals surface area contributed by atoms with Crippen molar-refractivity contribution in [1.29, 1.82) is 0 Å². The Balaban J connectivity index is 3.37. The number of hydrogen-bond donors (Lipinski definition) is 0. The Hall–Kier alpha value is -0.990. The Morgan fingerprint density at radius 2 is 2.38 bits per heavy atom. The summed E-state index contributed by atoms with van der Waals surface area (Å²) in [5, 5.41) is 3.54. The number of rotatable bonds is 2. The van der Waals surface area contributed by atoms with Crippen LogP contribution in [0, 0.1) is 0 Å². The molecule has 0 aromatic heterocycles. The van der Waals surface area contributed by atoms with Crippen LogP contribution in [0.4, 0.5) is 0 Å². The van der Waals surface area contributed by atoms with Gasteiger partial charge in [0.15, 0.2) is 0 Å². The fraction of sp³-hybridized carbons (Fsp3) is 0.400. The number of nitrogens with zero attached hydrogens (tertiary/aromatic N) is 1. The van der Waals surface area contributed by atoms with Crippen molar-refractivity contribution in [2.75, 3.05) is 14.2 Å². The number of hydrogen-bond acceptors (Lipinski definition) is 2. The van der Waals surface area contributed by atoms with Gasteiger partial charge in [-0.15, -0.1) is 0 Å². The van der Waals surface area contributed by atoms with Gasteiger partial charge in [0.2, 0.25) is 0 Å². The third-order valence-electron chi connectivity index (χ3n) is 0.561. The van der Waals surface area contributed by atoms with Crippen LogP contribution in [-0.2, 0) is 9.53 Å². The highest BCUT2D eigenvalue weighted by atomic mass is 16.5. The van der Waals surface area contributed by atoms with Crippen LogP contribution in [-0.4, -0.2) is 20.1 Å². The predicted octanol–water partition coefficient (Wildman–Crippen LogP) is -0.0927. The summed E-state index contributed by atoms with van der Waals surface area (Å²) in [5.41, 5.74) is 0. The van der Waals surface area contributed by atoms with Crippen LogP contribution < -0.4 is 5.32 Å². The van der Waals surface area contributed by atoms with Crippen molar-refractivity contribution < 1.29 is 9.53 Å². The molecule has 0 aromatic carbocycles. The molecule has 8 heavy (non-hydrogen) atoms. The Morgan fingerprint density at radius 1 is 1.75 bits per heavy atom. The van der Waals surface area contributed by atoms with Crippen molar-refractivity contribution in [1.82, 2.24) is 5.32 Å². The van der Waals surface area contributed by atoms with Crippen LogP contribution in [0.1, 0.15) is 0 Å². The third-order valence-corrected chi connectivity index (χ3v) is 0.561. The van der Waals surface area contributed by atoms with Crippen LogP contribution in [0.15, 0.2) is 12.3 Å². The van der Waals surface area contributed by atoms with E-state index in [9.17, 15) is 4.79 Å². The molecule has 0 amide bonds. The molecule has 0 aromatic rings. The third kappa shape index (κ3) is 3.21. The molecule has 0 aliphatic carbocycles. The van der Waals surface area contributed by atoms with Crippen LogP contribution in [0.2, 0.25) is 0 Å². The highest BCUT2D eigenvalue weighted by molar-refractivity contribution is 5.81. The molecule has 0 aliphatic rings. The quantitative estimate of drug-likeness (QED) is 0.371. The molecular weight excluding hydrogens is 106 g/mol. The van der Waals surface area contributed by atoms with Crippen molar-refractivity contribution in [3.8, 4) is 0 Å². The van der Waals surface area contributed by atoms with E-state index in [1.54, 1.807) is 7.05 Å². The summed E-state index contributed by atoms with van der Waals surface area (Å²) in [7, 11) is 2.90. The largest absolute Gasteiger partial charge is 0.466 e. The first-order valence-corrected chi connectivity index (χ1v) is 2.14. The molecular formula is C5H8NO2. The molecule has 3 nitrogen and oxygen atoms in total. The average Bonchev–Trinajstić information content (AvgIpc) is 1.83. The van der Waals surface area contributed by atoms with Gasteiger partial charge in [0.1, 0.15) is 0 Å². The minimum absolute atomic E-state index is 0.379. The molecule has 0 atom stereocenters. The first-order valence-electron chi connectivity index (χ1n) is 2.14. The maximum absolute atomic E-state index is 10.2. The first-order chi connectivity index (χ1) is 3.81. The fourth-order valence-electron chi connectivity index (χ4n) is 0.203. The Labute approximate surface area is 48.3 Å². The SMILES string of the molecule is C[N]C=CC(=O)OC. The smallest absolute Gasteiger partial charge is 0.332 e. The molecule has 0 N–H and O–H groups in total. The van der Waals surface area contributed by atoms with Gasteiger partial charge in [-0.25, -0.2) is 4.79 Å². The van der Waals surface area contributed by atoms with E-state index in [1.165, 1.54) is 19.4 Å². The standard InChI is InChI=1S/C5H8NO2/c1-6-4-3-5(7)8-2/h3-4H,1-2H3. The first kappa shape index (κ1) is 7.01. The van der Waals surface area contributed by atoms with E-state index in [2.05, 4.69) is 10.1 Å². The van der Waals surface area contributed by atoms with E-state index in [-0.39, 0.29) is 5.97 Å². The zero-order valence-electron chi connectivity index (χ0n) is 4.92. The van der Waals surface area contributed by atoms with Crippen LogP contribution >= 0.6 is 0 Å². The number of esters is 1. The minimum atomic E-state index is -0.379. The van der Waals surface area contributed by atoms with Crippen molar-refractivity contribution in [3.05, 3.63) is 12.3 Å². The molecule has 0 unspecified atom stereocenters. The van der Waals surface area contributed by atoms with Gasteiger partial charge in [0, 0.05) is 19.3 Å². The lowest BCUT2D eigenvalue weighted by Gasteiger charge is -1.86. The van der Waals surface area contributed by atoms with Gasteiger partial charge in [-0.3, -0.25) is 5.32 Å². The number of carbonyl (C=O) groups is 1. The molecule has 0 aliphatic heterocycles. The van der Waals surface area contributed by atoms with E-state index in [1.807, 2.05) is 0 Å². The van der Waals surface area contributed by atoms with Gasteiger partial charge in [0.05, 0.1) is 7.11 Å². The van der Waals surface area contributed by atoms with Gasteiger partial charge in [-0.05, 0) is 0 Å². The second-order valence-corrected chi connectivity index (χ2v) is 1.10. The van der Waals surface area contributed by atoms with Gasteiger partial charge >= 0.3 is 5.97 Å². The molecule has 1 radical (unpaired) electrons. The van der Waals surface area contributed by atoms with Crippen molar-refractivity contribution in [3.63, 3.8) is 0 Å². The normalized spacial score (nSPS) is 9.25. The minimum Gasteiger partial charge on any atom is -0.466 e. The molecule has 0 bridgehead atoms. The summed E-state index contributed by atoms with van der Waals surface area (Å²) >= 11 is 0. The molecule has 3 heteroatoms. The van der Waals surface area contributed by atoms with Gasteiger partial charge < -0.3 is 4.74 Å². The average molecular weight is 114 g/mol. The summed E-state index contributed by atoms with van der Waals surface area (Å²) in [6, 6.07) is 0. The summed E-state index contributed by atoms with van der Waals surface area (Å²) < 4.78 is 4.27. The second kappa shape index (κ2) is 4.18. The van der Waals surface area contributed by atoms with Gasteiger partial charge in [0.25, 0.3) is 0 Å². The summed E-state index contributed by atoms with van der Waals surface area (Å²) in [6.45, 7) is 0. The van der Waals surface area contributed by atoms with Gasteiger partial charge in [-0.1, -0.05) is 0 Å². The zero-order chi connectivity index (χ0) is 6.41. The van der Waals surface area contributed by atoms with Crippen molar-refractivity contribution >= 4 is 5.97 Å². The number of methoxy groups -OCH3 is 1. The Kier molecular flexibility index (Phi) is 3.66. The number of carbonyl (C=O) groups excluding carboxylic acids is 1. The molecule has 45 valence electrons. The van der Waals surface area contributed by atoms with E-state index in [0.29, 0.717) is 0 Å². The van der Waals surface area contributed by atoms with Gasteiger partial charge in [-0.2, -0.15) is 0 Å². The van der Waals surface area contributed by atoms with E-state index in [4.69, 9.17) is 0 Å². The molecule has 0 saturated heterocycles. The van der Waals surface area contributed by atoms with E-state index >= 15 is 0 Å². The predicted molar refractivity (Wildman–Crippen MR) is 29.2 cm³/mol. The topological polar surface area (TPSA) is 40.4 Å².